The van der Waals surface area contributed by atoms with Crippen LogP contribution in [0.2, 0.25) is 0 Å². The third kappa shape index (κ3) is 5.54. The van der Waals surface area contributed by atoms with Crippen molar-refractivity contribution >= 4 is 18.1 Å². The van der Waals surface area contributed by atoms with Crippen molar-refractivity contribution in [1.82, 2.24) is 15.5 Å². The third-order valence-corrected chi connectivity index (χ3v) is 5.52. The number of rotatable bonds is 9. The van der Waals surface area contributed by atoms with Gasteiger partial charge in [0.1, 0.15) is 6.04 Å². The summed E-state index contributed by atoms with van der Waals surface area (Å²) in [5, 5.41) is 5.98. The van der Waals surface area contributed by atoms with Crippen LogP contribution >= 0.6 is 0 Å². The van der Waals surface area contributed by atoms with Crippen LogP contribution < -0.4 is 10.6 Å². The van der Waals surface area contributed by atoms with E-state index >= 15 is 0 Å². The van der Waals surface area contributed by atoms with Gasteiger partial charge in [-0.05, 0) is 37.4 Å². The molecular formula is C24H28N3O3. The average Bonchev–Trinajstić information content (AvgIpc) is 3.26. The number of likely N-dealkylation sites (N-methyl/N-ethyl adjacent to an activating group) is 1. The zero-order chi connectivity index (χ0) is 21.3. The Morgan fingerprint density at radius 2 is 1.57 bits per heavy atom. The molecule has 2 aromatic rings. The maximum atomic E-state index is 13.2. The maximum absolute atomic E-state index is 13.2. The third-order valence-electron chi connectivity index (χ3n) is 5.52. The molecule has 0 saturated carbocycles. The lowest BCUT2D eigenvalue weighted by Crippen LogP contribution is -2.55. The average molecular weight is 407 g/mol. The monoisotopic (exact) mass is 406 g/mol. The van der Waals surface area contributed by atoms with E-state index in [2.05, 4.69) is 10.6 Å². The first-order valence-electron chi connectivity index (χ1n) is 10.4. The van der Waals surface area contributed by atoms with E-state index in [1.807, 2.05) is 66.9 Å². The lowest BCUT2D eigenvalue weighted by atomic mass is 10.0. The van der Waals surface area contributed by atoms with Crippen LogP contribution in [0, 0.1) is 0 Å². The maximum Gasteiger partial charge on any atom is 0.246 e. The second kappa shape index (κ2) is 10.7. The second-order valence-corrected chi connectivity index (χ2v) is 7.59. The molecule has 2 amide bonds. The van der Waals surface area contributed by atoms with Crippen LogP contribution in [0.4, 0.5) is 0 Å². The van der Waals surface area contributed by atoms with E-state index in [-0.39, 0.29) is 11.8 Å². The van der Waals surface area contributed by atoms with Gasteiger partial charge in [-0.1, -0.05) is 60.7 Å². The summed E-state index contributed by atoms with van der Waals surface area (Å²) in [6, 6.07) is 17.6. The molecule has 3 atom stereocenters. The number of likely N-dealkylation sites (tertiary alicyclic amines) is 1. The fourth-order valence-electron chi connectivity index (χ4n) is 3.85. The molecular weight excluding hydrogens is 378 g/mol. The van der Waals surface area contributed by atoms with Crippen molar-refractivity contribution in [2.24, 2.45) is 0 Å². The number of hydrogen-bond donors (Lipinski definition) is 2. The quantitative estimate of drug-likeness (QED) is 0.664. The summed E-state index contributed by atoms with van der Waals surface area (Å²) in [5.74, 6) is -0.464. The van der Waals surface area contributed by atoms with Gasteiger partial charge in [-0.3, -0.25) is 14.4 Å². The van der Waals surface area contributed by atoms with Crippen molar-refractivity contribution < 1.29 is 14.4 Å². The minimum Gasteiger partial charge on any atom is -0.343 e. The Hall–Kier alpha value is -2.99. The van der Waals surface area contributed by atoms with E-state index in [4.69, 9.17) is 0 Å². The number of benzene rings is 2. The first-order valence-corrected chi connectivity index (χ1v) is 10.4. The molecule has 6 nitrogen and oxygen atoms in total. The molecule has 1 aliphatic rings. The predicted molar refractivity (Wildman–Crippen MR) is 115 cm³/mol. The minimum absolute atomic E-state index is 0.229. The zero-order valence-electron chi connectivity index (χ0n) is 17.2. The Labute approximate surface area is 177 Å². The molecule has 1 aliphatic heterocycles. The van der Waals surface area contributed by atoms with Crippen LogP contribution in [-0.2, 0) is 27.2 Å². The van der Waals surface area contributed by atoms with Gasteiger partial charge in [0.15, 0.2) is 0 Å². The summed E-state index contributed by atoms with van der Waals surface area (Å²) in [6.45, 7) is 0.513. The van der Waals surface area contributed by atoms with Crippen LogP contribution in [0.25, 0.3) is 0 Å². The molecule has 0 spiro atoms. The highest BCUT2D eigenvalue weighted by molar-refractivity contribution is 5.91. The van der Waals surface area contributed by atoms with Crippen molar-refractivity contribution in [3.05, 3.63) is 71.8 Å². The summed E-state index contributed by atoms with van der Waals surface area (Å²) < 4.78 is 0. The highest BCUT2D eigenvalue weighted by Crippen LogP contribution is 2.18. The Morgan fingerprint density at radius 1 is 1.00 bits per heavy atom. The first kappa shape index (κ1) is 21.7. The Bertz CT molecular complexity index is 841. The largest absolute Gasteiger partial charge is 0.343 e. The Balaban J connectivity index is 1.75. The van der Waals surface area contributed by atoms with E-state index in [1.54, 1.807) is 11.9 Å². The normalized spacial score (nSPS) is 17.9. The molecule has 0 aromatic heterocycles. The number of nitrogens with one attached hydrogen (secondary N) is 2. The van der Waals surface area contributed by atoms with E-state index in [0.29, 0.717) is 25.8 Å². The molecule has 0 aliphatic carbocycles. The highest BCUT2D eigenvalue weighted by atomic mass is 16.2. The Morgan fingerprint density at radius 3 is 2.10 bits per heavy atom. The van der Waals surface area contributed by atoms with Crippen molar-refractivity contribution in [3.8, 4) is 0 Å². The SMILES string of the molecule is CN[C@@H](Cc1ccccc1)C(=O)N[C@@H](Cc1ccccc1)C(=O)N1CCC[C@H]1[C]=O. The number of hydrogen-bond acceptors (Lipinski definition) is 4. The smallest absolute Gasteiger partial charge is 0.246 e. The predicted octanol–water partition coefficient (Wildman–Crippen LogP) is 1.65. The molecule has 30 heavy (non-hydrogen) atoms. The molecule has 1 heterocycles. The zero-order valence-corrected chi connectivity index (χ0v) is 17.2. The van der Waals surface area contributed by atoms with Gasteiger partial charge >= 0.3 is 0 Å². The lowest BCUT2D eigenvalue weighted by molar-refractivity contribution is -0.136. The van der Waals surface area contributed by atoms with Gasteiger partial charge < -0.3 is 15.5 Å². The molecule has 6 heteroatoms. The van der Waals surface area contributed by atoms with Gasteiger partial charge in [-0.15, -0.1) is 0 Å². The topological polar surface area (TPSA) is 78.5 Å². The van der Waals surface area contributed by atoms with E-state index in [0.717, 1.165) is 17.5 Å². The number of amides is 2. The van der Waals surface area contributed by atoms with Crippen molar-refractivity contribution in [2.75, 3.05) is 13.6 Å². The molecule has 1 saturated heterocycles. The van der Waals surface area contributed by atoms with E-state index in [1.165, 1.54) is 0 Å². The number of nitrogens with zero attached hydrogens (tertiary/aromatic N) is 1. The molecule has 157 valence electrons. The summed E-state index contributed by atoms with van der Waals surface area (Å²) in [7, 11) is 1.74. The molecule has 2 N–H and O–H groups in total. The summed E-state index contributed by atoms with van der Waals surface area (Å²) in [4.78, 5) is 39.1. The standard InChI is InChI=1S/C24H28N3O3/c1-25-21(15-18-9-4-2-5-10-18)23(29)26-22(16-19-11-6-3-7-12-19)24(30)27-14-8-13-20(27)17-28/h2-7,9-12,20-22,25H,8,13-16H2,1H3,(H,26,29)/t20-,21-,22-/m0/s1. The van der Waals surface area contributed by atoms with Gasteiger partial charge in [-0.25, -0.2) is 0 Å². The van der Waals surface area contributed by atoms with E-state index in [9.17, 15) is 14.4 Å². The van der Waals surface area contributed by atoms with Crippen LogP contribution in [0.1, 0.15) is 24.0 Å². The van der Waals surface area contributed by atoms with Crippen molar-refractivity contribution in [1.29, 1.82) is 0 Å². The van der Waals surface area contributed by atoms with Gasteiger partial charge in [0.25, 0.3) is 0 Å². The summed E-state index contributed by atoms with van der Waals surface area (Å²) in [5.41, 5.74) is 1.99. The van der Waals surface area contributed by atoms with Crippen LogP contribution in [0.15, 0.2) is 60.7 Å². The fourth-order valence-corrected chi connectivity index (χ4v) is 3.85. The molecule has 2 aromatic carbocycles. The molecule has 0 bridgehead atoms. The molecule has 3 rings (SSSR count). The van der Waals surface area contributed by atoms with Crippen LogP contribution in [0.5, 0.6) is 0 Å². The molecule has 0 unspecified atom stereocenters. The van der Waals surface area contributed by atoms with Crippen LogP contribution in [0.3, 0.4) is 0 Å². The van der Waals surface area contributed by atoms with E-state index < -0.39 is 18.1 Å². The first-order chi connectivity index (χ1) is 14.6. The van der Waals surface area contributed by atoms with Gasteiger partial charge in [0.2, 0.25) is 18.1 Å². The van der Waals surface area contributed by atoms with Crippen molar-refractivity contribution in [2.45, 2.75) is 43.8 Å². The number of carbonyl (C=O) groups excluding carboxylic acids is 3. The second-order valence-electron chi connectivity index (χ2n) is 7.59. The molecule has 1 radical (unpaired) electrons. The lowest BCUT2D eigenvalue weighted by Gasteiger charge is -2.28. The van der Waals surface area contributed by atoms with Gasteiger partial charge in [0, 0.05) is 13.0 Å². The van der Waals surface area contributed by atoms with Gasteiger partial charge in [0.05, 0.1) is 12.1 Å². The minimum atomic E-state index is -0.736. The number of carbonyl (C=O) groups is 2. The van der Waals surface area contributed by atoms with Crippen molar-refractivity contribution in [3.63, 3.8) is 0 Å². The Kier molecular flexibility index (Phi) is 7.74. The summed E-state index contributed by atoms with van der Waals surface area (Å²) in [6.07, 6.45) is 4.24. The summed E-state index contributed by atoms with van der Waals surface area (Å²) >= 11 is 0. The van der Waals surface area contributed by atoms with Crippen LogP contribution in [-0.4, -0.2) is 54.7 Å². The van der Waals surface area contributed by atoms with Gasteiger partial charge in [-0.2, -0.15) is 0 Å². The molecule has 1 fully saturated rings. The highest BCUT2D eigenvalue weighted by Gasteiger charge is 2.35. The fraction of sp³-hybridized carbons (Fsp3) is 0.375.